The molecular weight excluding hydrogens is 166 g/mol. The molecule has 1 atom stereocenters. The number of thioether (sulfide) groups is 1. The number of hydrogen-bond donors (Lipinski definition) is 1. The van der Waals surface area contributed by atoms with Crippen LogP contribution in [0.4, 0.5) is 0 Å². The van der Waals surface area contributed by atoms with Crippen LogP contribution in [0.2, 0.25) is 0 Å². The van der Waals surface area contributed by atoms with Crippen molar-refractivity contribution < 1.29 is 0 Å². The third kappa shape index (κ3) is 3.81. The van der Waals surface area contributed by atoms with Crippen molar-refractivity contribution in [3.63, 3.8) is 0 Å². The summed E-state index contributed by atoms with van der Waals surface area (Å²) in [5.41, 5.74) is 0. The minimum Gasteiger partial charge on any atom is -0.317 e. The fourth-order valence-electron chi connectivity index (χ4n) is 1.47. The summed E-state index contributed by atoms with van der Waals surface area (Å²) in [5.74, 6) is 2.38. The number of rotatable bonds is 4. The van der Waals surface area contributed by atoms with Gasteiger partial charge in [0.1, 0.15) is 0 Å². The Bertz CT molecular complexity index is 110. The van der Waals surface area contributed by atoms with Crippen LogP contribution in [0.15, 0.2) is 0 Å². The second-order valence-corrected chi connectivity index (χ2v) is 5.22. The van der Waals surface area contributed by atoms with E-state index in [1.54, 1.807) is 0 Å². The van der Waals surface area contributed by atoms with Crippen LogP contribution in [0.5, 0.6) is 0 Å². The van der Waals surface area contributed by atoms with Gasteiger partial charge in [-0.05, 0) is 44.0 Å². The first-order valence-corrected chi connectivity index (χ1v) is 6.20. The first-order valence-electron chi connectivity index (χ1n) is 5.15. The summed E-state index contributed by atoms with van der Waals surface area (Å²) in [6.07, 6.45) is 4.10. The number of hydrogen-bond acceptors (Lipinski definition) is 2. The van der Waals surface area contributed by atoms with Crippen LogP contribution in [-0.2, 0) is 0 Å². The lowest BCUT2D eigenvalue weighted by atomic mass is 10.0. The third-order valence-electron chi connectivity index (χ3n) is 2.65. The standard InChI is InChI=1S/C10H21NS/c1-3-9(2)12-8-10-4-6-11-7-5-10/h9-11H,3-8H2,1-2H3. The van der Waals surface area contributed by atoms with E-state index in [0.717, 1.165) is 11.2 Å². The van der Waals surface area contributed by atoms with E-state index < -0.39 is 0 Å². The van der Waals surface area contributed by atoms with Gasteiger partial charge in [-0.2, -0.15) is 11.8 Å². The molecule has 1 N–H and O–H groups in total. The molecule has 0 spiro atoms. The normalized spacial score (nSPS) is 22.5. The van der Waals surface area contributed by atoms with Crippen LogP contribution >= 0.6 is 11.8 Å². The van der Waals surface area contributed by atoms with Gasteiger partial charge >= 0.3 is 0 Å². The molecule has 0 aromatic rings. The molecule has 2 heteroatoms. The summed E-state index contributed by atoms with van der Waals surface area (Å²) in [6, 6.07) is 0. The first-order chi connectivity index (χ1) is 5.83. The molecule has 0 amide bonds. The highest BCUT2D eigenvalue weighted by Gasteiger charge is 2.13. The van der Waals surface area contributed by atoms with Crippen LogP contribution < -0.4 is 5.32 Å². The lowest BCUT2D eigenvalue weighted by Gasteiger charge is -2.23. The zero-order chi connectivity index (χ0) is 8.81. The zero-order valence-corrected chi connectivity index (χ0v) is 9.12. The van der Waals surface area contributed by atoms with Crippen LogP contribution in [-0.4, -0.2) is 24.1 Å². The second kappa shape index (κ2) is 5.87. The average Bonchev–Trinajstić information content (AvgIpc) is 2.16. The lowest BCUT2D eigenvalue weighted by Crippen LogP contribution is -2.29. The molecule has 1 unspecified atom stereocenters. The van der Waals surface area contributed by atoms with Crippen LogP contribution in [0.25, 0.3) is 0 Å². The van der Waals surface area contributed by atoms with Gasteiger partial charge in [0.25, 0.3) is 0 Å². The Hall–Kier alpha value is 0.310. The molecule has 1 aliphatic rings. The molecule has 1 fully saturated rings. The van der Waals surface area contributed by atoms with Crippen molar-refractivity contribution in [2.75, 3.05) is 18.8 Å². The molecule has 1 rings (SSSR count). The largest absolute Gasteiger partial charge is 0.317 e. The topological polar surface area (TPSA) is 12.0 Å². The van der Waals surface area contributed by atoms with E-state index in [1.165, 1.54) is 38.1 Å². The van der Waals surface area contributed by atoms with Crippen molar-refractivity contribution >= 4 is 11.8 Å². The molecule has 1 aliphatic heterocycles. The highest BCUT2D eigenvalue weighted by Crippen LogP contribution is 2.22. The van der Waals surface area contributed by atoms with Gasteiger partial charge < -0.3 is 5.32 Å². The Labute approximate surface area is 80.7 Å². The Morgan fingerprint density at radius 1 is 1.42 bits per heavy atom. The summed E-state index contributed by atoms with van der Waals surface area (Å²) in [6.45, 7) is 7.10. The van der Waals surface area contributed by atoms with Crippen molar-refractivity contribution in [1.82, 2.24) is 5.32 Å². The summed E-state index contributed by atoms with van der Waals surface area (Å²) in [7, 11) is 0. The minimum absolute atomic E-state index is 0.861. The molecule has 1 saturated heterocycles. The molecule has 1 nitrogen and oxygen atoms in total. The van der Waals surface area contributed by atoms with Gasteiger partial charge in [-0.3, -0.25) is 0 Å². The van der Waals surface area contributed by atoms with Gasteiger partial charge in [0.2, 0.25) is 0 Å². The summed E-state index contributed by atoms with van der Waals surface area (Å²) in [5, 5.41) is 4.27. The highest BCUT2D eigenvalue weighted by atomic mass is 32.2. The quantitative estimate of drug-likeness (QED) is 0.726. The van der Waals surface area contributed by atoms with Gasteiger partial charge in [-0.1, -0.05) is 13.8 Å². The smallest absolute Gasteiger partial charge is 0.00161 e. The Kier molecular flexibility index (Phi) is 5.08. The van der Waals surface area contributed by atoms with Gasteiger partial charge in [0, 0.05) is 5.25 Å². The van der Waals surface area contributed by atoms with Gasteiger partial charge in [0.15, 0.2) is 0 Å². The Balaban J connectivity index is 2.05. The van der Waals surface area contributed by atoms with Gasteiger partial charge in [-0.15, -0.1) is 0 Å². The third-order valence-corrected chi connectivity index (χ3v) is 4.22. The van der Waals surface area contributed by atoms with E-state index in [0.29, 0.717) is 0 Å². The van der Waals surface area contributed by atoms with Crippen LogP contribution in [0, 0.1) is 5.92 Å². The van der Waals surface area contributed by atoms with E-state index in [9.17, 15) is 0 Å². The molecule has 0 bridgehead atoms. The average molecular weight is 187 g/mol. The monoisotopic (exact) mass is 187 g/mol. The van der Waals surface area contributed by atoms with E-state index in [4.69, 9.17) is 0 Å². The predicted molar refractivity (Wildman–Crippen MR) is 57.8 cm³/mol. The maximum atomic E-state index is 3.41. The molecule has 1 heterocycles. The molecule has 0 aliphatic carbocycles. The SMILES string of the molecule is CCC(C)SCC1CCNCC1. The molecule has 0 aromatic carbocycles. The first kappa shape index (κ1) is 10.4. The predicted octanol–water partition coefficient (Wildman–Crippen LogP) is 2.52. The number of nitrogens with one attached hydrogen (secondary N) is 1. The van der Waals surface area contributed by atoms with E-state index >= 15 is 0 Å². The van der Waals surface area contributed by atoms with E-state index in [1.807, 2.05) is 0 Å². The molecule has 0 saturated carbocycles. The highest BCUT2D eigenvalue weighted by molar-refractivity contribution is 7.99. The molecule has 12 heavy (non-hydrogen) atoms. The fraction of sp³-hybridized carbons (Fsp3) is 1.00. The van der Waals surface area contributed by atoms with Crippen molar-refractivity contribution in [3.05, 3.63) is 0 Å². The summed E-state index contributed by atoms with van der Waals surface area (Å²) < 4.78 is 0. The molecule has 0 aromatic heterocycles. The molecule has 72 valence electrons. The minimum atomic E-state index is 0.861. The Morgan fingerprint density at radius 3 is 2.67 bits per heavy atom. The van der Waals surface area contributed by atoms with E-state index in [2.05, 4.69) is 30.9 Å². The van der Waals surface area contributed by atoms with Crippen molar-refractivity contribution in [1.29, 1.82) is 0 Å². The van der Waals surface area contributed by atoms with Gasteiger partial charge in [0.05, 0.1) is 0 Å². The van der Waals surface area contributed by atoms with E-state index in [-0.39, 0.29) is 0 Å². The Morgan fingerprint density at radius 2 is 2.08 bits per heavy atom. The fourth-order valence-corrected chi connectivity index (χ4v) is 2.64. The lowest BCUT2D eigenvalue weighted by molar-refractivity contribution is 0.407. The van der Waals surface area contributed by atoms with Crippen molar-refractivity contribution in [2.24, 2.45) is 5.92 Å². The maximum Gasteiger partial charge on any atom is 0.00161 e. The zero-order valence-electron chi connectivity index (χ0n) is 8.31. The van der Waals surface area contributed by atoms with Crippen LogP contribution in [0.1, 0.15) is 33.1 Å². The summed E-state index contributed by atoms with van der Waals surface area (Å²) in [4.78, 5) is 0. The van der Waals surface area contributed by atoms with Crippen molar-refractivity contribution in [2.45, 2.75) is 38.4 Å². The maximum absolute atomic E-state index is 3.41. The molecular formula is C10H21NS. The summed E-state index contributed by atoms with van der Waals surface area (Å²) >= 11 is 2.16. The second-order valence-electron chi connectivity index (χ2n) is 3.75. The molecule has 0 radical (unpaired) electrons. The van der Waals surface area contributed by atoms with Crippen molar-refractivity contribution in [3.8, 4) is 0 Å². The number of piperidine rings is 1. The van der Waals surface area contributed by atoms with Gasteiger partial charge in [-0.25, -0.2) is 0 Å². The van der Waals surface area contributed by atoms with Crippen LogP contribution in [0.3, 0.4) is 0 Å².